The van der Waals surface area contributed by atoms with Gasteiger partial charge in [-0.3, -0.25) is 9.89 Å². The van der Waals surface area contributed by atoms with E-state index in [1.807, 2.05) is 19.2 Å². The fraction of sp³-hybridized carbons (Fsp3) is 0.812. The van der Waals surface area contributed by atoms with Gasteiger partial charge in [0.15, 0.2) is 0 Å². The zero-order valence-corrected chi connectivity index (χ0v) is 12.4. The van der Waals surface area contributed by atoms with Crippen LogP contribution in [0.4, 0.5) is 0 Å². The van der Waals surface area contributed by atoms with Gasteiger partial charge in [-0.05, 0) is 32.6 Å². The van der Waals surface area contributed by atoms with E-state index in [1.54, 1.807) is 0 Å². The Morgan fingerprint density at radius 1 is 1.26 bits per heavy atom. The van der Waals surface area contributed by atoms with E-state index in [2.05, 4.69) is 16.5 Å². The molecule has 19 heavy (non-hydrogen) atoms. The van der Waals surface area contributed by atoms with Gasteiger partial charge < -0.3 is 5.11 Å². The number of aliphatic imine (C=N–C) groups is 1. The van der Waals surface area contributed by atoms with E-state index in [0.717, 1.165) is 19.4 Å². The van der Waals surface area contributed by atoms with Crippen molar-refractivity contribution in [1.82, 2.24) is 4.90 Å². The maximum absolute atomic E-state index is 9.60. The van der Waals surface area contributed by atoms with E-state index >= 15 is 0 Å². The lowest BCUT2D eigenvalue weighted by Gasteiger charge is -2.25. The Bertz CT molecular complexity index is 263. The third kappa shape index (κ3) is 6.88. The van der Waals surface area contributed by atoms with Gasteiger partial charge in [0.1, 0.15) is 12.4 Å². The molecule has 0 saturated carbocycles. The highest BCUT2D eigenvalue weighted by Gasteiger charge is 2.23. The topological polar surface area (TPSA) is 35.8 Å². The van der Waals surface area contributed by atoms with Gasteiger partial charge in [0.05, 0.1) is 0 Å². The fourth-order valence-electron chi connectivity index (χ4n) is 2.61. The second kappa shape index (κ2) is 10.2. The minimum Gasteiger partial charge on any atom is -0.379 e. The number of allylic oxidation sites excluding steroid dienone is 1. The molecule has 0 spiro atoms. The maximum atomic E-state index is 9.60. The van der Waals surface area contributed by atoms with Crippen LogP contribution in [0.5, 0.6) is 0 Å². The summed E-state index contributed by atoms with van der Waals surface area (Å²) in [6.45, 7) is 6.36. The number of unbranched alkanes of at least 4 members (excludes halogenated alkanes) is 7. The summed E-state index contributed by atoms with van der Waals surface area (Å²) in [5.74, 6) is 0. The average Bonchev–Trinajstić information content (AvgIpc) is 2.85. The van der Waals surface area contributed by atoms with Crippen LogP contribution in [0.1, 0.15) is 64.7 Å². The van der Waals surface area contributed by atoms with Crippen molar-refractivity contribution in [3.05, 3.63) is 12.7 Å². The van der Waals surface area contributed by atoms with Crippen molar-refractivity contribution in [2.24, 2.45) is 4.99 Å². The standard InChI is InChI=1S/C16H30N2O/c1-3-4-5-6-7-8-9-10-11-12-16-17-13-14-18(16)15(2)19/h3,13,15-16,19H,1,4-12,14H2,2H3. The van der Waals surface area contributed by atoms with Gasteiger partial charge in [-0.1, -0.05) is 38.2 Å². The molecule has 2 atom stereocenters. The van der Waals surface area contributed by atoms with E-state index in [4.69, 9.17) is 0 Å². The molecular formula is C16H30N2O. The van der Waals surface area contributed by atoms with Crippen LogP contribution >= 0.6 is 0 Å². The van der Waals surface area contributed by atoms with E-state index in [1.165, 1.54) is 44.9 Å². The van der Waals surface area contributed by atoms with Gasteiger partial charge in [0.25, 0.3) is 0 Å². The van der Waals surface area contributed by atoms with Crippen molar-refractivity contribution < 1.29 is 5.11 Å². The van der Waals surface area contributed by atoms with Gasteiger partial charge >= 0.3 is 0 Å². The summed E-state index contributed by atoms with van der Waals surface area (Å²) < 4.78 is 0. The Balaban J connectivity index is 1.93. The molecule has 110 valence electrons. The number of aliphatic hydroxyl groups excluding tert-OH is 1. The first-order chi connectivity index (χ1) is 9.25. The lowest BCUT2D eigenvalue weighted by atomic mass is 10.1. The molecule has 0 aromatic rings. The number of rotatable bonds is 11. The number of aliphatic hydroxyl groups is 1. The van der Waals surface area contributed by atoms with Crippen molar-refractivity contribution in [3.8, 4) is 0 Å². The molecule has 0 aromatic heterocycles. The molecule has 0 radical (unpaired) electrons. The van der Waals surface area contributed by atoms with Crippen molar-refractivity contribution >= 4 is 6.21 Å². The third-order valence-electron chi connectivity index (χ3n) is 3.80. The number of hydrogen-bond donors (Lipinski definition) is 1. The number of hydrogen-bond acceptors (Lipinski definition) is 3. The molecule has 0 amide bonds. The predicted octanol–water partition coefficient (Wildman–Crippen LogP) is 3.73. The zero-order valence-electron chi connectivity index (χ0n) is 12.4. The van der Waals surface area contributed by atoms with E-state index in [0.29, 0.717) is 0 Å². The summed E-state index contributed by atoms with van der Waals surface area (Å²) >= 11 is 0. The first kappa shape index (κ1) is 16.4. The molecule has 2 unspecified atom stereocenters. The SMILES string of the molecule is C=CCCCCCCCCCC1N=CCN1C(C)O. The lowest BCUT2D eigenvalue weighted by Crippen LogP contribution is -2.37. The largest absolute Gasteiger partial charge is 0.379 e. The van der Waals surface area contributed by atoms with Crippen LogP contribution in [-0.2, 0) is 0 Å². The van der Waals surface area contributed by atoms with Crippen molar-refractivity contribution in [2.75, 3.05) is 6.54 Å². The Morgan fingerprint density at radius 2 is 1.89 bits per heavy atom. The van der Waals surface area contributed by atoms with E-state index < -0.39 is 0 Å². The summed E-state index contributed by atoms with van der Waals surface area (Å²) in [5.41, 5.74) is 0. The smallest absolute Gasteiger partial charge is 0.106 e. The Labute approximate surface area is 118 Å². The molecule has 0 saturated heterocycles. The molecule has 1 rings (SSSR count). The minimum atomic E-state index is -0.377. The summed E-state index contributed by atoms with van der Waals surface area (Å²) in [7, 11) is 0. The summed E-state index contributed by atoms with van der Waals surface area (Å²) in [6.07, 6.45) is 15.2. The van der Waals surface area contributed by atoms with Crippen molar-refractivity contribution in [1.29, 1.82) is 0 Å². The molecule has 3 nitrogen and oxygen atoms in total. The van der Waals surface area contributed by atoms with Crippen LogP contribution in [0, 0.1) is 0 Å². The van der Waals surface area contributed by atoms with Gasteiger partial charge in [0.2, 0.25) is 0 Å². The quantitative estimate of drug-likeness (QED) is 0.457. The zero-order chi connectivity index (χ0) is 13.9. The van der Waals surface area contributed by atoms with Crippen LogP contribution in [0.2, 0.25) is 0 Å². The Morgan fingerprint density at radius 3 is 2.53 bits per heavy atom. The van der Waals surface area contributed by atoms with Crippen LogP contribution in [0.15, 0.2) is 17.6 Å². The van der Waals surface area contributed by atoms with Crippen molar-refractivity contribution in [2.45, 2.75) is 77.1 Å². The highest BCUT2D eigenvalue weighted by Crippen LogP contribution is 2.17. The molecule has 1 N–H and O–H groups in total. The van der Waals surface area contributed by atoms with Crippen LogP contribution in [-0.4, -0.2) is 35.2 Å². The summed E-state index contributed by atoms with van der Waals surface area (Å²) in [6, 6.07) is 0. The normalized spacial score (nSPS) is 20.8. The molecule has 0 bridgehead atoms. The predicted molar refractivity (Wildman–Crippen MR) is 82.4 cm³/mol. The maximum Gasteiger partial charge on any atom is 0.106 e. The average molecular weight is 266 g/mol. The van der Waals surface area contributed by atoms with Gasteiger partial charge in [-0.25, -0.2) is 0 Å². The van der Waals surface area contributed by atoms with Crippen LogP contribution in [0.3, 0.4) is 0 Å². The Hall–Kier alpha value is -0.670. The van der Waals surface area contributed by atoms with Gasteiger partial charge in [-0.2, -0.15) is 0 Å². The second-order valence-electron chi connectivity index (χ2n) is 5.48. The van der Waals surface area contributed by atoms with Crippen LogP contribution < -0.4 is 0 Å². The molecule has 0 aromatic carbocycles. The highest BCUT2D eigenvalue weighted by atomic mass is 16.3. The number of nitrogens with zero attached hydrogens (tertiary/aromatic N) is 2. The summed E-state index contributed by atoms with van der Waals surface area (Å²) in [4.78, 5) is 6.49. The molecule has 3 heteroatoms. The molecule has 0 aliphatic carbocycles. The van der Waals surface area contributed by atoms with Crippen LogP contribution in [0.25, 0.3) is 0 Å². The first-order valence-corrected chi connectivity index (χ1v) is 7.82. The first-order valence-electron chi connectivity index (χ1n) is 7.82. The summed E-state index contributed by atoms with van der Waals surface area (Å²) in [5, 5.41) is 9.60. The molecule has 1 heterocycles. The van der Waals surface area contributed by atoms with Crippen molar-refractivity contribution in [3.63, 3.8) is 0 Å². The lowest BCUT2D eigenvalue weighted by molar-refractivity contribution is 0.00710. The van der Waals surface area contributed by atoms with E-state index in [9.17, 15) is 5.11 Å². The molecule has 0 fully saturated rings. The minimum absolute atomic E-state index is 0.215. The Kier molecular flexibility index (Phi) is 8.76. The highest BCUT2D eigenvalue weighted by molar-refractivity contribution is 5.62. The molecular weight excluding hydrogens is 236 g/mol. The molecule has 1 aliphatic rings. The third-order valence-corrected chi connectivity index (χ3v) is 3.80. The van der Waals surface area contributed by atoms with E-state index in [-0.39, 0.29) is 12.4 Å². The second-order valence-corrected chi connectivity index (χ2v) is 5.48. The van der Waals surface area contributed by atoms with Gasteiger partial charge in [-0.15, -0.1) is 6.58 Å². The van der Waals surface area contributed by atoms with Gasteiger partial charge in [0, 0.05) is 12.8 Å². The monoisotopic (exact) mass is 266 g/mol. The molecule has 1 aliphatic heterocycles. The fourth-order valence-corrected chi connectivity index (χ4v) is 2.61.